The summed E-state index contributed by atoms with van der Waals surface area (Å²) in [4.78, 5) is 32.4. The van der Waals surface area contributed by atoms with E-state index in [-0.39, 0.29) is 11.8 Å². The van der Waals surface area contributed by atoms with Crippen LogP contribution in [0, 0.1) is 13.8 Å². The van der Waals surface area contributed by atoms with Crippen LogP contribution in [-0.4, -0.2) is 33.1 Å². The number of likely N-dealkylation sites (N-methyl/N-ethyl adjacent to an activating group) is 1. The van der Waals surface area contributed by atoms with Gasteiger partial charge in [0.25, 0.3) is 5.91 Å². The number of hydrogen-bond acceptors (Lipinski definition) is 6. The van der Waals surface area contributed by atoms with Gasteiger partial charge in [-0.3, -0.25) is 19.4 Å². The van der Waals surface area contributed by atoms with Gasteiger partial charge >= 0.3 is 0 Å². The molecule has 0 unspecified atom stereocenters. The van der Waals surface area contributed by atoms with E-state index >= 15 is 0 Å². The van der Waals surface area contributed by atoms with Gasteiger partial charge in [-0.15, -0.1) is 11.3 Å². The van der Waals surface area contributed by atoms with Crippen molar-refractivity contribution in [3.05, 3.63) is 45.3 Å². The van der Waals surface area contributed by atoms with Crippen LogP contribution in [0.15, 0.2) is 28.5 Å². The van der Waals surface area contributed by atoms with Crippen molar-refractivity contribution < 1.29 is 9.59 Å². The van der Waals surface area contributed by atoms with Gasteiger partial charge in [0.1, 0.15) is 4.32 Å². The molecular formula is C18H17N3O2S3. The summed E-state index contributed by atoms with van der Waals surface area (Å²) in [7, 11) is 1.65. The summed E-state index contributed by atoms with van der Waals surface area (Å²) in [6.07, 6.45) is 1.71. The molecular weight excluding hydrogens is 386 g/mol. The summed E-state index contributed by atoms with van der Waals surface area (Å²) in [5, 5.41) is 2.40. The van der Waals surface area contributed by atoms with E-state index in [9.17, 15) is 9.59 Å². The first-order valence-electron chi connectivity index (χ1n) is 7.83. The molecule has 1 aliphatic heterocycles. The molecule has 0 saturated carbocycles. The van der Waals surface area contributed by atoms with Crippen molar-refractivity contribution in [2.45, 2.75) is 20.8 Å². The first kappa shape index (κ1) is 18.8. The Morgan fingerprint density at radius 3 is 2.62 bits per heavy atom. The number of thiocarbonyl (C=S) groups is 1. The van der Waals surface area contributed by atoms with Crippen molar-refractivity contribution >= 4 is 68.3 Å². The van der Waals surface area contributed by atoms with Crippen LogP contribution >= 0.6 is 35.3 Å². The Kier molecular flexibility index (Phi) is 5.27. The van der Waals surface area contributed by atoms with Gasteiger partial charge in [0.05, 0.1) is 16.3 Å². The summed E-state index contributed by atoms with van der Waals surface area (Å²) in [6.45, 7) is 5.55. The molecule has 2 aromatic rings. The smallest absolute Gasteiger partial charge is 0.265 e. The zero-order valence-corrected chi connectivity index (χ0v) is 17.2. The summed E-state index contributed by atoms with van der Waals surface area (Å²) < 4.78 is 0.525. The number of hydrogen-bond donors (Lipinski definition) is 0. The first-order chi connectivity index (χ1) is 12.3. The summed E-state index contributed by atoms with van der Waals surface area (Å²) in [6, 6.07) is 5.87. The van der Waals surface area contributed by atoms with Gasteiger partial charge < -0.3 is 0 Å². The Labute approximate surface area is 165 Å². The average molecular weight is 404 g/mol. The van der Waals surface area contributed by atoms with Gasteiger partial charge in [0.2, 0.25) is 5.91 Å². The molecule has 134 valence electrons. The SMILES string of the molecule is CC(=O)N(c1ccc(C)c(C)c1)c1nc(/C=C2/SC(=S)N(C)C2=O)cs1. The molecule has 8 heteroatoms. The fourth-order valence-corrected chi connectivity index (χ4v) is 4.43. The minimum Gasteiger partial charge on any atom is -0.296 e. The van der Waals surface area contributed by atoms with Crippen LogP contribution in [0.1, 0.15) is 23.7 Å². The second-order valence-electron chi connectivity index (χ2n) is 5.92. The predicted octanol–water partition coefficient (Wildman–Crippen LogP) is 4.28. The average Bonchev–Trinajstić information content (AvgIpc) is 3.12. The number of thiazole rings is 1. The third-order valence-electron chi connectivity index (χ3n) is 4.03. The molecule has 0 bridgehead atoms. The maximum absolute atomic E-state index is 12.2. The second kappa shape index (κ2) is 7.30. The fourth-order valence-electron chi connectivity index (χ4n) is 2.42. The highest BCUT2D eigenvalue weighted by atomic mass is 32.2. The molecule has 1 saturated heterocycles. The Morgan fingerprint density at radius 2 is 2.04 bits per heavy atom. The number of aromatic nitrogens is 1. The van der Waals surface area contributed by atoms with Crippen LogP contribution in [0.25, 0.3) is 6.08 Å². The van der Waals surface area contributed by atoms with E-state index < -0.39 is 0 Å². The molecule has 1 aromatic heterocycles. The van der Waals surface area contributed by atoms with Crippen molar-refractivity contribution in [1.82, 2.24) is 9.88 Å². The summed E-state index contributed by atoms with van der Waals surface area (Å²) in [5.41, 5.74) is 3.69. The molecule has 26 heavy (non-hydrogen) atoms. The monoisotopic (exact) mass is 403 g/mol. The van der Waals surface area contributed by atoms with Crippen LogP contribution in [0.3, 0.4) is 0 Å². The summed E-state index contributed by atoms with van der Waals surface area (Å²) >= 11 is 7.75. The zero-order chi connectivity index (χ0) is 19.0. The lowest BCUT2D eigenvalue weighted by molar-refractivity contribution is -0.121. The van der Waals surface area contributed by atoms with Crippen LogP contribution < -0.4 is 4.90 Å². The molecule has 1 fully saturated rings. The van der Waals surface area contributed by atoms with Gasteiger partial charge in [-0.25, -0.2) is 4.98 Å². The Morgan fingerprint density at radius 1 is 1.31 bits per heavy atom. The van der Waals surface area contributed by atoms with Gasteiger partial charge in [0.15, 0.2) is 5.13 Å². The summed E-state index contributed by atoms with van der Waals surface area (Å²) in [5.74, 6) is -0.249. The van der Waals surface area contributed by atoms with E-state index in [4.69, 9.17) is 12.2 Å². The predicted molar refractivity (Wildman–Crippen MR) is 112 cm³/mol. The number of carbonyl (C=O) groups excluding carboxylic acids is 2. The third kappa shape index (κ3) is 3.58. The fraction of sp³-hybridized carbons (Fsp3) is 0.222. The molecule has 2 heterocycles. The van der Waals surface area contributed by atoms with E-state index in [0.717, 1.165) is 11.3 Å². The van der Waals surface area contributed by atoms with Gasteiger partial charge in [-0.2, -0.15) is 0 Å². The van der Waals surface area contributed by atoms with E-state index in [1.807, 2.05) is 37.4 Å². The second-order valence-corrected chi connectivity index (χ2v) is 8.43. The molecule has 0 aliphatic carbocycles. The maximum Gasteiger partial charge on any atom is 0.265 e. The minimum absolute atomic E-state index is 0.117. The molecule has 0 spiro atoms. The van der Waals surface area contributed by atoms with Crippen molar-refractivity contribution in [2.24, 2.45) is 0 Å². The van der Waals surface area contributed by atoms with Crippen molar-refractivity contribution in [2.75, 3.05) is 11.9 Å². The Balaban J connectivity index is 1.94. The number of benzene rings is 1. The highest BCUT2D eigenvalue weighted by Crippen LogP contribution is 2.34. The van der Waals surface area contributed by atoms with Gasteiger partial charge in [-0.05, 0) is 43.2 Å². The van der Waals surface area contributed by atoms with Crippen LogP contribution in [0.4, 0.5) is 10.8 Å². The molecule has 3 rings (SSSR count). The third-order valence-corrected chi connectivity index (χ3v) is 6.36. The lowest BCUT2D eigenvalue weighted by Crippen LogP contribution is -2.22. The number of nitrogens with zero attached hydrogens (tertiary/aromatic N) is 3. The molecule has 0 radical (unpaired) electrons. The number of rotatable bonds is 3. The van der Waals surface area contributed by atoms with Crippen molar-refractivity contribution in [1.29, 1.82) is 0 Å². The highest BCUT2D eigenvalue weighted by Gasteiger charge is 2.29. The molecule has 1 aliphatic rings. The Hall–Kier alpha value is -2.03. The molecule has 1 aromatic carbocycles. The van der Waals surface area contributed by atoms with E-state index in [1.165, 1.54) is 40.5 Å². The van der Waals surface area contributed by atoms with E-state index in [1.54, 1.807) is 18.0 Å². The van der Waals surface area contributed by atoms with Crippen molar-refractivity contribution in [3.63, 3.8) is 0 Å². The molecule has 0 N–H and O–H groups in total. The van der Waals surface area contributed by atoms with Gasteiger partial charge in [0, 0.05) is 19.4 Å². The van der Waals surface area contributed by atoms with E-state index in [0.29, 0.717) is 20.1 Å². The standard InChI is InChI=1S/C18H17N3O2S3/c1-10-5-6-14(7-11(10)2)21(12(3)22)17-19-13(9-25-17)8-15-16(23)20(4)18(24)26-15/h5-9H,1-4H3/b15-8+. The van der Waals surface area contributed by atoms with Crippen LogP contribution in [0.2, 0.25) is 0 Å². The number of anilines is 2. The van der Waals surface area contributed by atoms with Crippen LogP contribution in [0.5, 0.6) is 0 Å². The van der Waals surface area contributed by atoms with Crippen molar-refractivity contribution in [3.8, 4) is 0 Å². The minimum atomic E-state index is -0.132. The largest absolute Gasteiger partial charge is 0.296 e. The first-order valence-corrected chi connectivity index (χ1v) is 9.93. The maximum atomic E-state index is 12.2. The Bertz CT molecular complexity index is 949. The molecule has 0 atom stereocenters. The quantitative estimate of drug-likeness (QED) is 0.566. The van der Waals surface area contributed by atoms with Crippen LogP contribution in [-0.2, 0) is 9.59 Å². The lowest BCUT2D eigenvalue weighted by atomic mass is 10.1. The number of amides is 2. The van der Waals surface area contributed by atoms with E-state index in [2.05, 4.69) is 4.98 Å². The number of thioether (sulfide) groups is 1. The molecule has 5 nitrogen and oxygen atoms in total. The highest BCUT2D eigenvalue weighted by molar-refractivity contribution is 8.26. The zero-order valence-electron chi connectivity index (χ0n) is 14.8. The normalized spacial score (nSPS) is 15.8. The van der Waals surface area contributed by atoms with Gasteiger partial charge in [-0.1, -0.05) is 30.0 Å². The molecule has 2 amide bonds. The number of aryl methyl sites for hydroxylation is 2. The lowest BCUT2D eigenvalue weighted by Gasteiger charge is -2.19. The topological polar surface area (TPSA) is 53.5 Å². The number of carbonyl (C=O) groups is 2.